The van der Waals surface area contributed by atoms with Crippen LogP contribution < -0.4 is 17.0 Å². The smallest absolute Gasteiger partial charge is 0.394 e. The number of nitrogens with two attached hydrogens (primary N) is 2. The summed E-state index contributed by atoms with van der Waals surface area (Å²) in [4.78, 5) is 54.3. The van der Waals surface area contributed by atoms with Crippen LogP contribution >= 0.6 is 15.9 Å². The lowest BCUT2D eigenvalue weighted by molar-refractivity contribution is -0.0622. The second kappa shape index (κ2) is 12.6. The van der Waals surface area contributed by atoms with E-state index in [9.17, 15) is 39.0 Å². The van der Waals surface area contributed by atoms with Crippen LogP contribution in [0.3, 0.4) is 0 Å². The maximum absolute atomic E-state index is 13.1. The number of phosphoric ester groups is 1. The number of rotatable bonds is 11. The topological polar surface area (TPSA) is 341 Å². The molecular formula is C21H27N10O13P2+. The number of imidazole rings is 2. The number of aromatic nitrogens is 8. The molecule has 0 spiro atoms. The van der Waals surface area contributed by atoms with Crippen molar-refractivity contribution in [3.05, 3.63) is 29.3 Å². The molecular weight excluding hydrogens is 662 g/mol. The second-order valence-corrected chi connectivity index (χ2v) is 12.5. The number of phosphoric acid groups is 1. The van der Waals surface area contributed by atoms with Crippen molar-refractivity contribution < 1.29 is 57.5 Å². The average Bonchev–Trinajstić information content (AvgIpc) is 3.76. The van der Waals surface area contributed by atoms with Gasteiger partial charge in [0.05, 0.1) is 25.9 Å². The van der Waals surface area contributed by atoms with Gasteiger partial charge in [-0.25, -0.2) is 24.5 Å². The molecule has 0 radical (unpaired) electrons. The van der Waals surface area contributed by atoms with Crippen molar-refractivity contribution in [3.63, 3.8) is 0 Å². The largest absolute Gasteiger partial charge is 0.534 e. The first-order valence-electron chi connectivity index (χ1n) is 13.2. The van der Waals surface area contributed by atoms with Gasteiger partial charge in [-0.3, -0.25) is 28.0 Å². The average molecular weight is 689 g/mol. The van der Waals surface area contributed by atoms with Crippen LogP contribution in [-0.4, -0.2) is 120 Å². The minimum atomic E-state index is -5.10. The van der Waals surface area contributed by atoms with E-state index in [2.05, 4.69) is 29.9 Å². The molecule has 23 nitrogen and oxygen atoms in total. The predicted molar refractivity (Wildman–Crippen MR) is 149 cm³/mol. The number of ether oxygens (including phenoxy) is 3. The highest BCUT2D eigenvalue weighted by Crippen LogP contribution is 2.49. The lowest BCUT2D eigenvalue weighted by Gasteiger charge is -2.24. The van der Waals surface area contributed by atoms with E-state index in [-0.39, 0.29) is 34.1 Å². The normalized spacial score (nSPS) is 29.9. The second-order valence-electron chi connectivity index (χ2n) is 10.1. The molecule has 2 fully saturated rings. The molecule has 0 amide bonds. The zero-order valence-electron chi connectivity index (χ0n) is 23.2. The molecule has 0 bridgehead atoms. The lowest BCUT2D eigenvalue weighted by Crippen LogP contribution is -2.37. The van der Waals surface area contributed by atoms with Crippen LogP contribution in [0.5, 0.6) is 0 Å². The number of nitrogens with one attached hydrogen (secondary N) is 1. The van der Waals surface area contributed by atoms with Crippen LogP contribution in [0, 0.1) is 0 Å². The van der Waals surface area contributed by atoms with Crippen molar-refractivity contribution in [2.24, 2.45) is 0 Å². The Hall–Kier alpha value is -3.57. The summed E-state index contributed by atoms with van der Waals surface area (Å²) in [6.07, 6.45) is -8.82. The van der Waals surface area contributed by atoms with E-state index in [4.69, 9.17) is 34.7 Å². The molecule has 0 aromatic carbocycles. The predicted octanol–water partition coefficient (Wildman–Crippen LogP) is -2.79. The molecule has 0 aliphatic carbocycles. The first-order valence-corrected chi connectivity index (χ1v) is 16.1. The van der Waals surface area contributed by atoms with E-state index in [0.717, 1.165) is 17.2 Å². The molecule has 2 saturated heterocycles. The molecule has 10 N–H and O–H groups in total. The van der Waals surface area contributed by atoms with Crippen LogP contribution in [0.15, 0.2) is 23.8 Å². The fourth-order valence-corrected chi connectivity index (χ4v) is 6.47. The number of nitrogen functional groups attached to an aromatic ring is 2. The third kappa shape index (κ3) is 5.99. The standard InChI is InChI=1S/C21H26N10O13P2/c22-15-9-16(25-3-24-15)30(4-26-9)20-12(34)14(7(1-32)42-20)44-46(38,39)41-2-8-13(40-6-45(36)37)11(33)19(43-8)31-5-27-10-17(31)28-21(23)29-18(10)35/h3-5,7-8,11-14,19-20,32-34H,1-2,6H2,(H6-,22,23,24,25,28,29,35,36,37,38,39)/p+1/t7-,8-,11?,12?,13?,14?,19-,20-/m1/s1. The Kier molecular flexibility index (Phi) is 8.84. The molecule has 0 saturated carbocycles. The summed E-state index contributed by atoms with van der Waals surface area (Å²) in [5.74, 6) is -0.198. The summed E-state index contributed by atoms with van der Waals surface area (Å²) in [6.45, 7) is -1.53. The number of aliphatic hydroxyl groups excluding tert-OH is 3. The highest BCUT2D eigenvalue weighted by atomic mass is 31.2. The van der Waals surface area contributed by atoms with Crippen molar-refractivity contribution in [2.75, 3.05) is 31.0 Å². The molecule has 25 heteroatoms. The molecule has 2 aliphatic heterocycles. The zero-order chi connectivity index (χ0) is 32.9. The maximum atomic E-state index is 13.1. The Morgan fingerprint density at radius 1 is 1.00 bits per heavy atom. The summed E-state index contributed by atoms with van der Waals surface area (Å²) >= 11 is 0. The van der Waals surface area contributed by atoms with E-state index >= 15 is 0 Å². The summed E-state index contributed by atoms with van der Waals surface area (Å²) < 4.78 is 54.1. The third-order valence-electron chi connectivity index (χ3n) is 7.22. The van der Waals surface area contributed by atoms with Gasteiger partial charge in [0.15, 0.2) is 35.1 Å². The fourth-order valence-electron chi connectivity index (χ4n) is 5.20. The minimum absolute atomic E-state index is 0.0564. The molecule has 46 heavy (non-hydrogen) atoms. The van der Waals surface area contributed by atoms with Crippen LogP contribution in [0.4, 0.5) is 11.8 Å². The third-order valence-corrected chi connectivity index (χ3v) is 8.57. The van der Waals surface area contributed by atoms with E-state index in [1.807, 2.05) is 0 Å². The molecule has 6 unspecified atom stereocenters. The number of hydrogen-bond donors (Lipinski definition) is 8. The number of H-pyrrole nitrogens is 1. The maximum Gasteiger partial charge on any atom is 0.534 e. The van der Waals surface area contributed by atoms with Gasteiger partial charge in [-0.1, -0.05) is 0 Å². The summed E-state index contributed by atoms with van der Waals surface area (Å²) in [5, 5.41) is 31.9. The Morgan fingerprint density at radius 3 is 2.35 bits per heavy atom. The summed E-state index contributed by atoms with van der Waals surface area (Å²) in [7, 11) is -7.92. The van der Waals surface area contributed by atoms with Gasteiger partial charge in [0.25, 0.3) is 11.9 Å². The fraction of sp³-hybridized carbons (Fsp3) is 0.524. The first-order chi connectivity index (χ1) is 21.9. The Morgan fingerprint density at radius 2 is 1.65 bits per heavy atom. The van der Waals surface area contributed by atoms with Crippen LogP contribution in [0.25, 0.3) is 22.3 Å². The molecule has 248 valence electrons. The lowest BCUT2D eigenvalue weighted by atomic mass is 10.1. The Bertz CT molecular complexity index is 1870. The molecule has 6 heterocycles. The molecule has 2 aliphatic rings. The molecule has 4 aromatic rings. The van der Waals surface area contributed by atoms with Crippen molar-refractivity contribution >= 4 is 49.9 Å². The monoisotopic (exact) mass is 689 g/mol. The van der Waals surface area contributed by atoms with E-state index in [1.165, 1.54) is 10.9 Å². The van der Waals surface area contributed by atoms with E-state index < -0.39 is 90.1 Å². The van der Waals surface area contributed by atoms with Crippen LogP contribution in [-0.2, 0) is 32.4 Å². The number of aliphatic hydroxyl groups is 3. The Balaban J connectivity index is 1.19. The van der Waals surface area contributed by atoms with Gasteiger partial charge in [0.2, 0.25) is 5.95 Å². The quantitative estimate of drug-likeness (QED) is 0.0738. The number of aromatic amines is 1. The molecule has 4 aromatic heterocycles. The number of hydrogen-bond acceptors (Lipinski definition) is 18. The van der Waals surface area contributed by atoms with Gasteiger partial charge in [-0.05, 0) is 4.57 Å². The summed E-state index contributed by atoms with van der Waals surface area (Å²) in [6, 6.07) is 0. The van der Waals surface area contributed by atoms with Crippen LogP contribution in [0.2, 0.25) is 0 Å². The van der Waals surface area contributed by atoms with Crippen LogP contribution in [0.1, 0.15) is 12.5 Å². The number of nitrogens with zero attached hydrogens (tertiary/aromatic N) is 7. The first kappa shape index (κ1) is 32.4. The zero-order valence-corrected chi connectivity index (χ0v) is 24.9. The SMILES string of the molecule is Nc1nc2c(ncn2[C@@H]2O[C@H](COP(=O)(O)OC3C(O)[C@H](n4cnc5c(N)ncnc54)O[C@@H]3CO)C(OC[P+](=O)O)C2O)c(=O)[nH]1. The van der Waals surface area contributed by atoms with Gasteiger partial charge in [0, 0.05) is 0 Å². The van der Waals surface area contributed by atoms with Gasteiger partial charge < -0.3 is 45.9 Å². The molecule has 10 atom stereocenters. The Labute approximate surface area is 256 Å². The van der Waals surface area contributed by atoms with Crippen molar-refractivity contribution in [1.29, 1.82) is 0 Å². The van der Waals surface area contributed by atoms with Gasteiger partial charge in [-0.2, -0.15) is 9.88 Å². The summed E-state index contributed by atoms with van der Waals surface area (Å²) in [5.41, 5.74) is 10.9. The van der Waals surface area contributed by atoms with Crippen molar-refractivity contribution in [1.82, 2.24) is 39.0 Å². The van der Waals surface area contributed by atoms with Gasteiger partial charge in [0.1, 0.15) is 48.5 Å². The van der Waals surface area contributed by atoms with Crippen molar-refractivity contribution in [2.45, 2.75) is 49.1 Å². The minimum Gasteiger partial charge on any atom is -0.394 e. The van der Waals surface area contributed by atoms with Gasteiger partial charge in [-0.15, -0.1) is 0 Å². The number of fused-ring (bicyclic) bond motifs is 2. The van der Waals surface area contributed by atoms with Gasteiger partial charge >= 0.3 is 15.9 Å². The molecule has 6 rings (SSSR count). The van der Waals surface area contributed by atoms with E-state index in [0.29, 0.717) is 0 Å². The van der Waals surface area contributed by atoms with E-state index in [1.54, 1.807) is 0 Å². The van der Waals surface area contributed by atoms with Crippen molar-refractivity contribution in [3.8, 4) is 0 Å². The number of anilines is 2. The highest BCUT2D eigenvalue weighted by Gasteiger charge is 2.51. The highest BCUT2D eigenvalue weighted by molar-refractivity contribution is 7.47.